The van der Waals surface area contributed by atoms with Gasteiger partial charge in [-0.15, -0.1) is 4.68 Å². The maximum Gasteiger partial charge on any atom is 0.377 e. The summed E-state index contributed by atoms with van der Waals surface area (Å²) < 4.78 is 35.7. The number of rotatable bonds is 5. The van der Waals surface area contributed by atoms with Gasteiger partial charge in [0, 0.05) is 6.04 Å². The number of hydrogen-bond acceptors (Lipinski definition) is 5. The number of aryl methyl sites for hydroxylation is 1. The van der Waals surface area contributed by atoms with Crippen molar-refractivity contribution in [3.63, 3.8) is 0 Å². The number of anilines is 1. The first-order valence-electron chi connectivity index (χ1n) is 11.6. The Bertz CT molecular complexity index is 1440. The van der Waals surface area contributed by atoms with E-state index in [2.05, 4.69) is 10.4 Å². The fourth-order valence-electron chi connectivity index (χ4n) is 4.44. The van der Waals surface area contributed by atoms with Crippen LogP contribution >= 0.6 is 0 Å². The van der Waals surface area contributed by atoms with E-state index in [1.54, 1.807) is 18.2 Å². The Kier molecular flexibility index (Phi) is 6.32. The summed E-state index contributed by atoms with van der Waals surface area (Å²) in [5.41, 5.74) is -0.399. The van der Waals surface area contributed by atoms with Crippen LogP contribution in [0.5, 0.6) is 11.5 Å². The van der Waals surface area contributed by atoms with Crippen molar-refractivity contribution in [2.24, 2.45) is 0 Å². The molecule has 1 aliphatic rings. The maximum absolute atomic E-state index is 14.3. The maximum atomic E-state index is 14.3. The molecule has 0 saturated heterocycles. The van der Waals surface area contributed by atoms with E-state index in [0.717, 1.165) is 43.4 Å². The molecule has 8 nitrogen and oxygen atoms in total. The molecule has 5 rings (SSSR count). The van der Waals surface area contributed by atoms with E-state index in [1.165, 1.54) is 11.0 Å². The second-order valence-electron chi connectivity index (χ2n) is 8.63. The van der Waals surface area contributed by atoms with Crippen LogP contribution in [0, 0.1) is 18.6 Å². The number of benzene rings is 3. The zero-order chi connectivity index (χ0) is 25.2. The zero-order valence-corrected chi connectivity index (χ0v) is 19.5. The Labute approximate surface area is 205 Å². The highest BCUT2D eigenvalue weighted by Crippen LogP contribution is 2.38. The third-order valence-electron chi connectivity index (χ3n) is 6.15. The Morgan fingerprint density at radius 2 is 1.67 bits per heavy atom. The molecule has 184 valence electrons. The van der Waals surface area contributed by atoms with Gasteiger partial charge in [-0.05, 0) is 72.2 Å². The highest BCUT2D eigenvalue weighted by atomic mass is 19.1. The molecule has 1 saturated carbocycles. The van der Waals surface area contributed by atoms with Crippen molar-refractivity contribution < 1.29 is 18.3 Å². The van der Waals surface area contributed by atoms with Crippen molar-refractivity contribution in [1.29, 1.82) is 0 Å². The predicted molar refractivity (Wildman–Crippen MR) is 129 cm³/mol. The topological polar surface area (TPSA) is 82.3 Å². The van der Waals surface area contributed by atoms with Crippen molar-refractivity contribution in [1.82, 2.24) is 19.8 Å². The number of halogens is 2. The highest BCUT2D eigenvalue weighted by Gasteiger charge is 2.34. The van der Waals surface area contributed by atoms with E-state index in [4.69, 9.17) is 4.74 Å². The molecule has 0 N–H and O–H groups in total. The van der Waals surface area contributed by atoms with Crippen molar-refractivity contribution >= 4 is 11.7 Å². The van der Waals surface area contributed by atoms with Gasteiger partial charge in [0.05, 0.1) is 5.69 Å². The minimum Gasteiger partial charge on any atom is -0.455 e. The van der Waals surface area contributed by atoms with Gasteiger partial charge in [-0.2, -0.15) is 4.68 Å². The average molecular weight is 491 g/mol. The quantitative estimate of drug-likeness (QED) is 0.357. The number of tetrazole rings is 1. The van der Waals surface area contributed by atoms with E-state index in [-0.39, 0.29) is 6.04 Å². The zero-order valence-electron chi connectivity index (χ0n) is 19.5. The number of ether oxygens (including phenoxy) is 1. The third kappa shape index (κ3) is 4.37. The van der Waals surface area contributed by atoms with Gasteiger partial charge in [0.1, 0.15) is 11.4 Å². The fourth-order valence-corrected chi connectivity index (χ4v) is 4.44. The normalized spacial score (nSPS) is 13.6. The summed E-state index contributed by atoms with van der Waals surface area (Å²) in [6.07, 6.45) is 3.26. The van der Waals surface area contributed by atoms with E-state index < -0.39 is 29.0 Å². The summed E-state index contributed by atoms with van der Waals surface area (Å²) in [7, 11) is 0. The van der Waals surface area contributed by atoms with Crippen LogP contribution in [-0.2, 0) is 0 Å². The van der Waals surface area contributed by atoms with Crippen molar-refractivity contribution in [3.05, 3.63) is 94.4 Å². The number of aromatic nitrogens is 4. The molecular weight excluding hydrogens is 468 g/mol. The van der Waals surface area contributed by atoms with Crippen LogP contribution in [0.1, 0.15) is 31.2 Å². The second-order valence-corrected chi connectivity index (χ2v) is 8.63. The summed E-state index contributed by atoms with van der Waals surface area (Å²) in [6.45, 7) is 1.91. The Balaban J connectivity index is 1.59. The molecule has 1 aromatic heterocycles. The monoisotopic (exact) mass is 491 g/mol. The van der Waals surface area contributed by atoms with Crippen LogP contribution in [0.15, 0.2) is 71.5 Å². The molecule has 36 heavy (non-hydrogen) atoms. The molecule has 1 amide bonds. The molecule has 0 unspecified atom stereocenters. The van der Waals surface area contributed by atoms with Crippen LogP contribution in [0.3, 0.4) is 0 Å². The first-order chi connectivity index (χ1) is 17.4. The number of carbonyl (C=O) groups excluding carboxylic acids is 1. The molecule has 0 radical (unpaired) electrons. The Hall–Kier alpha value is -4.34. The lowest BCUT2D eigenvalue weighted by Crippen LogP contribution is -2.46. The lowest BCUT2D eigenvalue weighted by molar-refractivity contribution is 0.241. The van der Waals surface area contributed by atoms with E-state index >= 15 is 0 Å². The SMILES string of the molecule is Cc1ccc(N(C(=O)n2nnn(-c3c(F)cccc3F)c2=O)C2CCCC2)c(Oc2ccccc2)c1. The second kappa shape index (κ2) is 9.73. The molecular formula is C26H23F2N5O3. The van der Waals surface area contributed by atoms with Gasteiger partial charge < -0.3 is 4.74 Å². The van der Waals surface area contributed by atoms with Crippen molar-refractivity contribution in [2.45, 2.75) is 38.6 Å². The van der Waals surface area contributed by atoms with Gasteiger partial charge in [-0.1, -0.05) is 43.2 Å². The van der Waals surface area contributed by atoms with Crippen LogP contribution in [0.4, 0.5) is 19.3 Å². The highest BCUT2D eigenvalue weighted by molar-refractivity contribution is 5.95. The minimum absolute atomic E-state index is 0.222. The van der Waals surface area contributed by atoms with Crippen LogP contribution in [0.2, 0.25) is 0 Å². The van der Waals surface area contributed by atoms with Crippen molar-refractivity contribution in [3.8, 4) is 17.2 Å². The van der Waals surface area contributed by atoms with E-state index in [0.29, 0.717) is 26.6 Å². The van der Waals surface area contributed by atoms with Crippen LogP contribution < -0.4 is 15.3 Å². The lowest BCUT2D eigenvalue weighted by atomic mass is 10.1. The van der Waals surface area contributed by atoms with Gasteiger partial charge in [-0.3, -0.25) is 4.90 Å². The third-order valence-corrected chi connectivity index (χ3v) is 6.15. The van der Waals surface area contributed by atoms with Gasteiger partial charge >= 0.3 is 11.7 Å². The Morgan fingerprint density at radius 1 is 0.972 bits per heavy atom. The summed E-state index contributed by atoms with van der Waals surface area (Å²) in [5, 5.41) is 7.27. The van der Waals surface area contributed by atoms with Gasteiger partial charge in [0.25, 0.3) is 0 Å². The molecule has 4 aromatic rings. The number of hydrogen-bond donors (Lipinski definition) is 0. The molecule has 1 heterocycles. The first-order valence-corrected chi connectivity index (χ1v) is 11.6. The molecule has 0 bridgehead atoms. The molecule has 3 aromatic carbocycles. The van der Waals surface area contributed by atoms with E-state index in [9.17, 15) is 18.4 Å². The largest absolute Gasteiger partial charge is 0.455 e. The van der Waals surface area contributed by atoms with Crippen molar-refractivity contribution in [2.75, 3.05) is 4.90 Å². The number of nitrogens with zero attached hydrogens (tertiary/aromatic N) is 5. The van der Waals surface area contributed by atoms with Gasteiger partial charge in [0.15, 0.2) is 17.4 Å². The summed E-state index contributed by atoms with van der Waals surface area (Å²) in [4.78, 5) is 28.3. The predicted octanol–water partition coefficient (Wildman–Crippen LogP) is 5.23. The Morgan fingerprint density at radius 3 is 2.36 bits per heavy atom. The lowest BCUT2D eigenvalue weighted by Gasteiger charge is -2.29. The molecule has 0 spiro atoms. The van der Waals surface area contributed by atoms with E-state index in [1.807, 2.05) is 37.3 Å². The smallest absolute Gasteiger partial charge is 0.377 e. The van der Waals surface area contributed by atoms with Gasteiger partial charge in [0.2, 0.25) is 0 Å². The minimum atomic E-state index is -1.08. The summed E-state index contributed by atoms with van der Waals surface area (Å²) in [6, 6.07) is 16.7. The average Bonchev–Trinajstić information content (AvgIpc) is 3.52. The number of amides is 1. The molecule has 0 aliphatic heterocycles. The molecule has 1 aliphatic carbocycles. The van der Waals surface area contributed by atoms with Crippen LogP contribution in [-0.4, -0.2) is 31.9 Å². The summed E-state index contributed by atoms with van der Waals surface area (Å²) >= 11 is 0. The fraction of sp³-hybridized carbons (Fsp3) is 0.231. The molecule has 1 fully saturated rings. The standard InChI is InChI=1S/C26H23F2N5O3/c1-17-14-15-22(23(16-17)36-19-10-3-2-4-11-19)31(18-8-5-6-9-18)25(34)33-26(35)32(29-30-33)24-20(27)12-7-13-21(24)28/h2-4,7,10-16,18H,5-6,8-9H2,1H3. The number of carbonyl (C=O) groups is 1. The number of para-hydroxylation sites is 2. The van der Waals surface area contributed by atoms with Gasteiger partial charge in [-0.25, -0.2) is 18.4 Å². The first kappa shape index (κ1) is 23.4. The van der Waals surface area contributed by atoms with Crippen LogP contribution in [0.25, 0.3) is 5.69 Å². The summed E-state index contributed by atoms with van der Waals surface area (Å²) in [5.74, 6) is -0.981. The molecule has 10 heteroatoms. The molecule has 0 atom stereocenters.